The molecule has 0 spiro atoms. The summed E-state index contributed by atoms with van der Waals surface area (Å²) < 4.78 is 0. The van der Waals surface area contributed by atoms with Gasteiger partial charge >= 0.3 is 0 Å². The van der Waals surface area contributed by atoms with Crippen LogP contribution in [0.1, 0.15) is 12.1 Å². The highest BCUT2D eigenvalue weighted by molar-refractivity contribution is 7.99. The number of thioether (sulfide) groups is 1. The number of carbonyl (C=O) groups excluding carboxylic acids is 1. The lowest BCUT2D eigenvalue weighted by atomic mass is 10.5. The fourth-order valence-electron chi connectivity index (χ4n) is 0.824. The molecule has 0 aliphatic rings. The minimum absolute atomic E-state index is 0.152. The van der Waals surface area contributed by atoms with Gasteiger partial charge in [0.2, 0.25) is 0 Å². The van der Waals surface area contributed by atoms with E-state index >= 15 is 0 Å². The van der Waals surface area contributed by atoms with Crippen LogP contribution in [0.25, 0.3) is 0 Å². The van der Waals surface area contributed by atoms with E-state index < -0.39 is 0 Å². The van der Waals surface area contributed by atoms with Crippen LogP contribution in [0.2, 0.25) is 0 Å². The van der Waals surface area contributed by atoms with E-state index in [0.717, 1.165) is 6.29 Å². The number of carbonyl (C=O) groups is 1. The predicted molar refractivity (Wildman–Crippen MR) is 51.0 cm³/mol. The van der Waals surface area contributed by atoms with Gasteiger partial charge in [0.1, 0.15) is 6.29 Å². The lowest BCUT2D eigenvalue weighted by Crippen LogP contribution is -2.08. The normalized spacial score (nSPS) is 9.92. The van der Waals surface area contributed by atoms with E-state index in [0.29, 0.717) is 23.0 Å². The number of aryl methyl sites for hydroxylation is 1. The summed E-state index contributed by atoms with van der Waals surface area (Å²) in [5, 5.41) is 0.576. The molecule has 0 saturated heterocycles. The SMILES string of the molecule is Cc1cc(=O)[nH]c(SCCC=O)n1. The van der Waals surface area contributed by atoms with Gasteiger partial charge in [-0.2, -0.15) is 0 Å². The van der Waals surface area contributed by atoms with Crippen molar-refractivity contribution in [1.82, 2.24) is 9.97 Å². The van der Waals surface area contributed by atoms with E-state index in [1.54, 1.807) is 6.92 Å². The zero-order valence-corrected chi connectivity index (χ0v) is 8.06. The van der Waals surface area contributed by atoms with Crippen molar-refractivity contribution in [2.75, 3.05) is 5.75 Å². The highest BCUT2D eigenvalue weighted by Gasteiger charge is 1.97. The number of rotatable bonds is 4. The maximum atomic E-state index is 11.0. The quantitative estimate of drug-likeness (QED) is 0.336. The summed E-state index contributed by atoms with van der Waals surface area (Å²) >= 11 is 1.38. The summed E-state index contributed by atoms with van der Waals surface area (Å²) in [6.45, 7) is 1.76. The molecular formula is C8H10N2O2S. The topological polar surface area (TPSA) is 62.8 Å². The highest BCUT2D eigenvalue weighted by Crippen LogP contribution is 2.10. The van der Waals surface area contributed by atoms with Crippen molar-refractivity contribution >= 4 is 18.0 Å². The maximum absolute atomic E-state index is 11.0. The number of nitrogens with zero attached hydrogens (tertiary/aromatic N) is 1. The Bertz CT molecular complexity index is 348. The highest BCUT2D eigenvalue weighted by atomic mass is 32.2. The molecular weight excluding hydrogens is 188 g/mol. The number of nitrogens with one attached hydrogen (secondary N) is 1. The Morgan fingerprint density at radius 2 is 2.46 bits per heavy atom. The first-order chi connectivity index (χ1) is 6.22. The molecule has 1 heterocycles. The summed E-state index contributed by atoms with van der Waals surface area (Å²) in [6, 6.07) is 1.43. The molecule has 0 unspecified atom stereocenters. The molecule has 1 N–H and O–H groups in total. The Morgan fingerprint density at radius 3 is 3.08 bits per heavy atom. The minimum Gasteiger partial charge on any atom is -0.303 e. The lowest BCUT2D eigenvalue weighted by Gasteiger charge is -1.98. The van der Waals surface area contributed by atoms with Crippen LogP contribution in [0.15, 0.2) is 16.0 Å². The molecule has 1 aromatic heterocycles. The molecule has 0 fully saturated rings. The summed E-state index contributed by atoms with van der Waals surface area (Å²) in [5.74, 6) is 0.649. The van der Waals surface area contributed by atoms with E-state index in [1.807, 2.05) is 0 Å². The Morgan fingerprint density at radius 1 is 1.69 bits per heavy atom. The summed E-state index contributed by atoms with van der Waals surface area (Å²) in [7, 11) is 0. The maximum Gasteiger partial charge on any atom is 0.251 e. The van der Waals surface area contributed by atoms with Crippen LogP contribution in [-0.4, -0.2) is 22.0 Å². The molecule has 0 radical (unpaired) electrons. The second-order valence-corrected chi connectivity index (χ2v) is 3.58. The van der Waals surface area contributed by atoms with E-state index in [9.17, 15) is 9.59 Å². The Hall–Kier alpha value is -1.10. The summed E-state index contributed by atoms with van der Waals surface area (Å²) in [4.78, 5) is 27.7. The molecule has 0 aliphatic heterocycles. The van der Waals surface area contributed by atoms with Gasteiger partial charge in [0.15, 0.2) is 5.16 Å². The van der Waals surface area contributed by atoms with Gasteiger partial charge in [0.05, 0.1) is 0 Å². The monoisotopic (exact) mass is 198 g/mol. The van der Waals surface area contributed by atoms with Crippen LogP contribution in [0.3, 0.4) is 0 Å². The van der Waals surface area contributed by atoms with Crippen molar-refractivity contribution in [2.45, 2.75) is 18.5 Å². The van der Waals surface area contributed by atoms with E-state index in [1.165, 1.54) is 17.8 Å². The van der Waals surface area contributed by atoms with Crippen molar-refractivity contribution in [3.63, 3.8) is 0 Å². The fraction of sp³-hybridized carbons (Fsp3) is 0.375. The molecule has 0 aromatic carbocycles. The van der Waals surface area contributed by atoms with Crippen LogP contribution < -0.4 is 5.56 Å². The summed E-state index contributed by atoms with van der Waals surface area (Å²) in [6.07, 6.45) is 1.32. The lowest BCUT2D eigenvalue weighted by molar-refractivity contribution is -0.107. The number of aromatic nitrogens is 2. The van der Waals surface area contributed by atoms with Crippen LogP contribution in [0.5, 0.6) is 0 Å². The predicted octanol–water partition coefficient (Wildman–Crippen LogP) is 0.759. The van der Waals surface area contributed by atoms with Crippen molar-refractivity contribution in [1.29, 1.82) is 0 Å². The van der Waals surface area contributed by atoms with Gasteiger partial charge in [-0.05, 0) is 6.92 Å². The average molecular weight is 198 g/mol. The molecule has 0 amide bonds. The second kappa shape index (κ2) is 4.81. The summed E-state index contributed by atoms with van der Waals surface area (Å²) in [5.41, 5.74) is 0.540. The molecule has 0 saturated carbocycles. The molecule has 70 valence electrons. The zero-order chi connectivity index (χ0) is 9.68. The van der Waals surface area contributed by atoms with Crippen molar-refractivity contribution in [2.24, 2.45) is 0 Å². The van der Waals surface area contributed by atoms with Crippen molar-refractivity contribution in [3.8, 4) is 0 Å². The molecule has 5 heteroatoms. The van der Waals surface area contributed by atoms with E-state index in [-0.39, 0.29) is 5.56 Å². The molecule has 1 rings (SSSR count). The number of hydrogen-bond acceptors (Lipinski definition) is 4. The number of aromatic amines is 1. The van der Waals surface area contributed by atoms with Gasteiger partial charge < -0.3 is 9.78 Å². The van der Waals surface area contributed by atoms with Crippen LogP contribution in [0.4, 0.5) is 0 Å². The van der Waals surface area contributed by atoms with Crippen molar-refractivity contribution < 1.29 is 4.79 Å². The molecule has 0 bridgehead atoms. The van der Waals surface area contributed by atoms with Gasteiger partial charge in [-0.1, -0.05) is 11.8 Å². The van der Waals surface area contributed by atoms with Crippen LogP contribution >= 0.6 is 11.8 Å². The number of hydrogen-bond donors (Lipinski definition) is 1. The van der Waals surface area contributed by atoms with Crippen molar-refractivity contribution in [3.05, 3.63) is 22.1 Å². The van der Waals surface area contributed by atoms with Gasteiger partial charge in [-0.3, -0.25) is 4.79 Å². The zero-order valence-electron chi connectivity index (χ0n) is 7.24. The third kappa shape index (κ3) is 3.42. The molecule has 0 atom stereocenters. The van der Waals surface area contributed by atoms with Gasteiger partial charge in [-0.25, -0.2) is 4.98 Å². The fourth-order valence-corrected chi connectivity index (χ4v) is 1.61. The number of aldehydes is 1. The molecule has 4 nitrogen and oxygen atoms in total. The minimum atomic E-state index is -0.152. The van der Waals surface area contributed by atoms with E-state index in [2.05, 4.69) is 9.97 Å². The van der Waals surface area contributed by atoms with E-state index in [4.69, 9.17) is 0 Å². The first-order valence-electron chi connectivity index (χ1n) is 3.87. The standard InChI is InChI=1S/C8H10N2O2S/c1-6-5-7(12)10-8(9-6)13-4-2-3-11/h3,5H,2,4H2,1H3,(H,9,10,12). The molecule has 13 heavy (non-hydrogen) atoms. The second-order valence-electron chi connectivity index (χ2n) is 2.50. The average Bonchev–Trinajstić information content (AvgIpc) is 2.03. The molecule has 1 aromatic rings. The number of H-pyrrole nitrogens is 1. The van der Waals surface area contributed by atoms with Crippen LogP contribution in [0, 0.1) is 6.92 Å². The Labute approximate surface area is 79.8 Å². The Kier molecular flexibility index (Phi) is 3.70. The van der Waals surface area contributed by atoms with Gasteiger partial charge in [0, 0.05) is 23.9 Å². The van der Waals surface area contributed by atoms with Gasteiger partial charge in [-0.15, -0.1) is 0 Å². The van der Waals surface area contributed by atoms with Gasteiger partial charge in [0.25, 0.3) is 5.56 Å². The molecule has 0 aliphatic carbocycles. The smallest absolute Gasteiger partial charge is 0.251 e. The largest absolute Gasteiger partial charge is 0.303 e. The van der Waals surface area contributed by atoms with Crippen LogP contribution in [-0.2, 0) is 4.79 Å². The Balaban J connectivity index is 2.66. The first kappa shape index (κ1) is 9.98. The third-order valence-corrected chi connectivity index (χ3v) is 2.23. The first-order valence-corrected chi connectivity index (χ1v) is 4.85. The third-order valence-electron chi connectivity index (χ3n) is 1.32.